The summed E-state index contributed by atoms with van der Waals surface area (Å²) >= 11 is 0. The van der Waals surface area contributed by atoms with Gasteiger partial charge in [-0.25, -0.2) is 9.59 Å². The van der Waals surface area contributed by atoms with Crippen LogP contribution in [0.3, 0.4) is 0 Å². The van der Waals surface area contributed by atoms with E-state index in [2.05, 4.69) is 4.98 Å². The fourth-order valence-electron chi connectivity index (χ4n) is 3.15. The van der Waals surface area contributed by atoms with Gasteiger partial charge in [-0.2, -0.15) is 0 Å². The van der Waals surface area contributed by atoms with Crippen molar-refractivity contribution in [2.45, 2.75) is 5.92 Å². The van der Waals surface area contributed by atoms with Crippen molar-refractivity contribution < 1.29 is 18.7 Å². The summed E-state index contributed by atoms with van der Waals surface area (Å²) in [5.41, 5.74) is 6.63. The Morgan fingerprint density at radius 3 is 2.77 bits per heavy atom. The Morgan fingerprint density at radius 1 is 1.23 bits per heavy atom. The van der Waals surface area contributed by atoms with E-state index in [0.29, 0.717) is 16.5 Å². The van der Waals surface area contributed by atoms with Gasteiger partial charge in [0.05, 0.1) is 24.0 Å². The molecule has 1 atom stereocenters. The van der Waals surface area contributed by atoms with Crippen LogP contribution in [0.4, 0.5) is 0 Å². The number of benzene rings is 1. The van der Waals surface area contributed by atoms with Crippen LogP contribution in [0, 0.1) is 0 Å². The quantitative estimate of drug-likeness (QED) is 0.557. The van der Waals surface area contributed by atoms with Gasteiger partial charge in [0.2, 0.25) is 5.88 Å². The van der Waals surface area contributed by atoms with Crippen LogP contribution >= 0.6 is 0 Å². The molecule has 0 fully saturated rings. The number of carbonyl (C=O) groups excluding carboxylic acids is 1. The SMILES string of the molecule is COC(=O)C1=C(N)Oc2c(c(=O)oc3ccccc23)[C@H]1c1cccnc1. The largest absolute Gasteiger partial charge is 0.465 e. The highest BCUT2D eigenvalue weighted by molar-refractivity contribution is 5.94. The molecule has 0 bridgehead atoms. The van der Waals surface area contributed by atoms with E-state index in [1.165, 1.54) is 7.11 Å². The molecule has 1 aliphatic rings. The molecule has 26 heavy (non-hydrogen) atoms. The first-order valence-corrected chi connectivity index (χ1v) is 7.83. The maximum atomic E-state index is 12.7. The minimum absolute atomic E-state index is 0.0376. The fourth-order valence-corrected chi connectivity index (χ4v) is 3.15. The second-order valence-electron chi connectivity index (χ2n) is 5.72. The summed E-state index contributed by atoms with van der Waals surface area (Å²) in [5, 5.41) is 0.586. The Morgan fingerprint density at radius 2 is 2.04 bits per heavy atom. The lowest BCUT2D eigenvalue weighted by molar-refractivity contribution is -0.136. The number of hydrogen-bond acceptors (Lipinski definition) is 7. The van der Waals surface area contributed by atoms with Gasteiger partial charge in [-0.05, 0) is 23.8 Å². The number of fused-ring (bicyclic) bond motifs is 3. The van der Waals surface area contributed by atoms with Gasteiger partial charge < -0.3 is 19.6 Å². The molecule has 2 N–H and O–H groups in total. The Kier molecular flexibility index (Phi) is 3.69. The molecule has 1 aliphatic heterocycles. The van der Waals surface area contributed by atoms with Crippen LogP contribution in [0.5, 0.6) is 5.75 Å². The number of nitrogens with two attached hydrogens (primary N) is 1. The van der Waals surface area contributed by atoms with Gasteiger partial charge in [0, 0.05) is 12.4 Å². The summed E-state index contributed by atoms with van der Waals surface area (Å²) in [7, 11) is 1.24. The zero-order valence-corrected chi connectivity index (χ0v) is 13.8. The third kappa shape index (κ3) is 2.33. The Hall–Kier alpha value is -3.61. The standard InChI is InChI=1S/C19H14N2O5/c1-24-18(22)15-13(10-5-4-8-21-9-10)14-16(26-17(15)20)11-6-2-3-7-12(11)25-19(14)23/h2-9,13H,20H2,1H3/t13-/m1/s1. The van der Waals surface area contributed by atoms with Crippen molar-refractivity contribution in [2.24, 2.45) is 5.73 Å². The first kappa shape index (κ1) is 15.9. The summed E-state index contributed by atoms with van der Waals surface area (Å²) in [6.45, 7) is 0. The van der Waals surface area contributed by atoms with Crippen molar-refractivity contribution in [3.8, 4) is 5.75 Å². The molecular formula is C19H14N2O5. The lowest BCUT2D eigenvalue weighted by Crippen LogP contribution is -2.30. The molecule has 4 rings (SSSR count). The molecule has 3 heterocycles. The molecule has 3 aromatic rings. The van der Waals surface area contributed by atoms with Crippen LogP contribution in [0.1, 0.15) is 17.0 Å². The van der Waals surface area contributed by atoms with E-state index in [1.807, 2.05) is 0 Å². The van der Waals surface area contributed by atoms with E-state index in [-0.39, 0.29) is 22.8 Å². The van der Waals surface area contributed by atoms with E-state index >= 15 is 0 Å². The van der Waals surface area contributed by atoms with E-state index in [1.54, 1.807) is 48.8 Å². The highest BCUT2D eigenvalue weighted by Gasteiger charge is 2.39. The lowest BCUT2D eigenvalue weighted by Gasteiger charge is -2.27. The maximum Gasteiger partial charge on any atom is 0.344 e. The Balaban J connectivity index is 2.08. The van der Waals surface area contributed by atoms with Gasteiger partial charge in [-0.1, -0.05) is 18.2 Å². The second-order valence-corrected chi connectivity index (χ2v) is 5.72. The zero-order chi connectivity index (χ0) is 18.3. The lowest BCUT2D eigenvalue weighted by atomic mass is 9.84. The van der Waals surface area contributed by atoms with Gasteiger partial charge in [-0.3, -0.25) is 4.98 Å². The minimum atomic E-state index is -0.805. The first-order valence-electron chi connectivity index (χ1n) is 7.83. The van der Waals surface area contributed by atoms with Gasteiger partial charge in [0.1, 0.15) is 11.2 Å². The monoisotopic (exact) mass is 350 g/mol. The number of ether oxygens (including phenoxy) is 2. The van der Waals surface area contributed by atoms with E-state index in [9.17, 15) is 9.59 Å². The van der Waals surface area contributed by atoms with E-state index < -0.39 is 17.5 Å². The fraction of sp³-hybridized carbons (Fsp3) is 0.105. The van der Waals surface area contributed by atoms with Crippen molar-refractivity contribution in [3.63, 3.8) is 0 Å². The molecule has 7 heteroatoms. The van der Waals surface area contributed by atoms with Crippen LogP contribution < -0.4 is 16.1 Å². The highest BCUT2D eigenvalue weighted by Crippen LogP contribution is 2.43. The molecule has 0 saturated heterocycles. The Bertz CT molecular complexity index is 1100. The number of pyridine rings is 1. The molecule has 0 radical (unpaired) electrons. The summed E-state index contributed by atoms with van der Waals surface area (Å²) < 4.78 is 16.0. The van der Waals surface area contributed by atoms with Crippen LogP contribution in [0.15, 0.2) is 69.5 Å². The van der Waals surface area contributed by atoms with Crippen molar-refractivity contribution in [2.75, 3.05) is 7.11 Å². The third-order valence-electron chi connectivity index (χ3n) is 4.28. The van der Waals surface area contributed by atoms with Crippen molar-refractivity contribution in [1.29, 1.82) is 0 Å². The number of nitrogens with zero attached hydrogens (tertiary/aromatic N) is 1. The van der Waals surface area contributed by atoms with E-state index in [0.717, 1.165) is 0 Å². The van der Waals surface area contributed by atoms with Gasteiger partial charge in [0.25, 0.3) is 0 Å². The van der Waals surface area contributed by atoms with Crippen molar-refractivity contribution in [1.82, 2.24) is 4.98 Å². The summed E-state index contributed by atoms with van der Waals surface area (Å²) in [4.78, 5) is 29.2. The summed E-state index contributed by atoms with van der Waals surface area (Å²) in [6.07, 6.45) is 3.15. The number of para-hydroxylation sites is 1. The first-order chi connectivity index (χ1) is 12.6. The second kappa shape index (κ2) is 6.03. The number of esters is 1. The number of hydrogen-bond donors (Lipinski definition) is 1. The predicted molar refractivity (Wildman–Crippen MR) is 92.4 cm³/mol. The predicted octanol–water partition coefficient (Wildman–Crippen LogP) is 2.06. The molecule has 0 unspecified atom stereocenters. The molecule has 0 spiro atoms. The maximum absolute atomic E-state index is 12.7. The number of methoxy groups -OCH3 is 1. The molecule has 2 aromatic heterocycles. The Labute approximate surface area is 147 Å². The molecule has 1 aromatic carbocycles. The van der Waals surface area contributed by atoms with Crippen LogP contribution in [0.2, 0.25) is 0 Å². The molecule has 130 valence electrons. The van der Waals surface area contributed by atoms with Crippen LogP contribution in [-0.2, 0) is 9.53 Å². The number of aromatic nitrogens is 1. The molecule has 0 saturated carbocycles. The smallest absolute Gasteiger partial charge is 0.344 e. The van der Waals surface area contributed by atoms with Gasteiger partial charge in [0.15, 0.2) is 5.75 Å². The molecule has 7 nitrogen and oxygen atoms in total. The third-order valence-corrected chi connectivity index (χ3v) is 4.28. The number of carbonyl (C=O) groups is 1. The molecule has 0 aliphatic carbocycles. The summed E-state index contributed by atoms with van der Waals surface area (Å²) in [5.74, 6) is -1.33. The zero-order valence-electron chi connectivity index (χ0n) is 13.8. The summed E-state index contributed by atoms with van der Waals surface area (Å²) in [6, 6.07) is 10.4. The highest BCUT2D eigenvalue weighted by atomic mass is 16.5. The molecule has 0 amide bonds. The minimum Gasteiger partial charge on any atom is -0.465 e. The average molecular weight is 350 g/mol. The average Bonchev–Trinajstić information content (AvgIpc) is 2.67. The normalized spacial score (nSPS) is 16.1. The van der Waals surface area contributed by atoms with E-state index in [4.69, 9.17) is 19.6 Å². The van der Waals surface area contributed by atoms with Gasteiger partial charge >= 0.3 is 11.6 Å². The van der Waals surface area contributed by atoms with Crippen LogP contribution in [-0.4, -0.2) is 18.1 Å². The van der Waals surface area contributed by atoms with Crippen molar-refractivity contribution in [3.05, 3.63) is 81.8 Å². The topological polar surface area (TPSA) is 105 Å². The van der Waals surface area contributed by atoms with Crippen molar-refractivity contribution >= 4 is 16.9 Å². The van der Waals surface area contributed by atoms with Gasteiger partial charge in [-0.15, -0.1) is 0 Å². The van der Waals surface area contributed by atoms with Crippen LogP contribution in [0.25, 0.3) is 11.0 Å². The number of rotatable bonds is 2. The molecular weight excluding hydrogens is 336 g/mol.